The summed E-state index contributed by atoms with van der Waals surface area (Å²) in [7, 11) is -1.78. The normalized spacial score (nSPS) is 28.1. The van der Waals surface area contributed by atoms with Crippen molar-refractivity contribution in [2.45, 2.75) is 68.5 Å². The molecule has 1 N–H and O–H groups in total. The second kappa shape index (κ2) is 7.18. The van der Waals surface area contributed by atoms with Gasteiger partial charge in [0.25, 0.3) is 0 Å². The van der Waals surface area contributed by atoms with Gasteiger partial charge in [-0.05, 0) is 61.8 Å². The van der Waals surface area contributed by atoms with Crippen LogP contribution in [0.15, 0.2) is 23.1 Å². The fourth-order valence-electron chi connectivity index (χ4n) is 4.86. The molecular weight excluding hydrogens is 362 g/mol. The van der Waals surface area contributed by atoms with Crippen LogP contribution in [0, 0.1) is 0 Å². The molecule has 4 rings (SSSR count). The van der Waals surface area contributed by atoms with Crippen molar-refractivity contribution in [1.29, 1.82) is 0 Å². The molecule has 0 aliphatic carbocycles. The largest absolute Gasteiger partial charge is 0.342 e. The van der Waals surface area contributed by atoms with Gasteiger partial charge in [0.05, 0.1) is 4.90 Å². The van der Waals surface area contributed by atoms with Gasteiger partial charge in [0, 0.05) is 45.2 Å². The standard InChI is InChI=1S/C20H29N3O3S/c1-14(24)23-9-7-15-3-6-20(11-16(15)8-10-23)27(25,26)22(2)19-12-17-4-5-18(13-19)21-17/h3,6,11,17-19,21H,4-5,7-10,12-13H2,1-2H3. The molecule has 3 aliphatic heterocycles. The average Bonchev–Trinajstić information content (AvgIpc) is 2.86. The van der Waals surface area contributed by atoms with Crippen molar-refractivity contribution < 1.29 is 13.2 Å². The molecule has 3 heterocycles. The second-order valence-corrected chi connectivity index (χ2v) is 10.2. The van der Waals surface area contributed by atoms with Crippen LogP contribution >= 0.6 is 0 Å². The molecule has 1 aromatic rings. The summed E-state index contributed by atoms with van der Waals surface area (Å²) in [4.78, 5) is 13.9. The number of fused-ring (bicyclic) bond motifs is 3. The molecule has 0 saturated carbocycles. The lowest BCUT2D eigenvalue weighted by atomic mass is 10.0. The number of nitrogens with zero attached hydrogens (tertiary/aromatic N) is 2. The summed E-state index contributed by atoms with van der Waals surface area (Å²) in [6, 6.07) is 6.49. The first-order chi connectivity index (χ1) is 12.8. The Bertz CT molecular complexity index is 827. The summed E-state index contributed by atoms with van der Waals surface area (Å²) in [6.07, 6.45) is 5.58. The summed E-state index contributed by atoms with van der Waals surface area (Å²) in [5.74, 6) is 0.0796. The van der Waals surface area contributed by atoms with Crippen molar-refractivity contribution in [1.82, 2.24) is 14.5 Å². The quantitative estimate of drug-likeness (QED) is 0.849. The summed E-state index contributed by atoms with van der Waals surface area (Å²) in [6.45, 7) is 2.94. The van der Waals surface area contributed by atoms with Gasteiger partial charge in [-0.15, -0.1) is 0 Å². The maximum absolute atomic E-state index is 13.3. The number of amides is 1. The molecule has 0 aromatic heterocycles. The number of nitrogens with one attached hydrogen (secondary N) is 1. The molecular formula is C20H29N3O3S. The van der Waals surface area contributed by atoms with Crippen LogP contribution in [0.1, 0.15) is 43.7 Å². The van der Waals surface area contributed by atoms with E-state index in [9.17, 15) is 13.2 Å². The molecule has 2 fully saturated rings. The van der Waals surface area contributed by atoms with Crippen LogP contribution in [0.3, 0.4) is 0 Å². The van der Waals surface area contributed by atoms with Gasteiger partial charge < -0.3 is 10.2 Å². The Morgan fingerprint density at radius 1 is 1.11 bits per heavy atom. The zero-order chi connectivity index (χ0) is 19.2. The number of benzene rings is 1. The van der Waals surface area contributed by atoms with E-state index in [4.69, 9.17) is 0 Å². The Morgan fingerprint density at radius 3 is 2.37 bits per heavy atom. The summed E-state index contributed by atoms with van der Waals surface area (Å²) < 4.78 is 28.1. The molecule has 3 aliphatic rings. The Morgan fingerprint density at radius 2 is 1.74 bits per heavy atom. The third kappa shape index (κ3) is 3.65. The van der Waals surface area contributed by atoms with Crippen molar-refractivity contribution in [2.24, 2.45) is 0 Å². The van der Waals surface area contributed by atoms with Gasteiger partial charge in [-0.3, -0.25) is 4.79 Å². The number of sulfonamides is 1. The maximum Gasteiger partial charge on any atom is 0.243 e. The van der Waals surface area contributed by atoms with Crippen molar-refractivity contribution in [3.63, 3.8) is 0 Å². The highest BCUT2D eigenvalue weighted by Gasteiger charge is 2.39. The number of carbonyl (C=O) groups is 1. The highest BCUT2D eigenvalue weighted by molar-refractivity contribution is 7.89. The van der Waals surface area contributed by atoms with E-state index in [1.165, 1.54) is 0 Å². The maximum atomic E-state index is 13.3. The molecule has 1 aromatic carbocycles. The highest BCUT2D eigenvalue weighted by Crippen LogP contribution is 2.32. The minimum absolute atomic E-state index is 0.0702. The predicted octanol–water partition coefficient (Wildman–Crippen LogP) is 1.54. The lowest BCUT2D eigenvalue weighted by Gasteiger charge is -2.35. The number of piperidine rings is 1. The van der Waals surface area contributed by atoms with Gasteiger partial charge >= 0.3 is 0 Å². The fourth-order valence-corrected chi connectivity index (χ4v) is 6.29. The molecule has 2 atom stereocenters. The Balaban J connectivity index is 1.55. The Hall–Kier alpha value is -1.44. The van der Waals surface area contributed by atoms with Gasteiger partial charge in [0.15, 0.2) is 0 Å². The number of carbonyl (C=O) groups excluding carboxylic acids is 1. The predicted molar refractivity (Wildman–Crippen MR) is 104 cm³/mol. The minimum Gasteiger partial charge on any atom is -0.342 e. The first kappa shape index (κ1) is 18.9. The molecule has 0 radical (unpaired) electrons. The van der Waals surface area contributed by atoms with Crippen LogP contribution in [-0.4, -0.2) is 61.8 Å². The molecule has 2 bridgehead atoms. The lowest BCUT2D eigenvalue weighted by molar-refractivity contribution is -0.128. The van der Waals surface area contributed by atoms with E-state index in [0.717, 1.165) is 43.2 Å². The van der Waals surface area contributed by atoms with Gasteiger partial charge in [0.2, 0.25) is 15.9 Å². The number of hydrogen-bond donors (Lipinski definition) is 1. The molecule has 0 spiro atoms. The van der Waals surface area contributed by atoms with Crippen molar-refractivity contribution in [2.75, 3.05) is 20.1 Å². The minimum atomic E-state index is -3.51. The van der Waals surface area contributed by atoms with Gasteiger partial charge in [-0.2, -0.15) is 4.31 Å². The molecule has 1 amide bonds. The third-order valence-electron chi connectivity index (χ3n) is 6.56. The van der Waals surface area contributed by atoms with E-state index < -0.39 is 10.0 Å². The summed E-state index contributed by atoms with van der Waals surface area (Å²) >= 11 is 0. The summed E-state index contributed by atoms with van der Waals surface area (Å²) in [5, 5.41) is 3.57. The van der Waals surface area contributed by atoms with Crippen LogP contribution in [-0.2, 0) is 27.7 Å². The first-order valence-electron chi connectivity index (χ1n) is 9.96. The van der Waals surface area contributed by atoms with E-state index >= 15 is 0 Å². The molecule has 7 heteroatoms. The van der Waals surface area contributed by atoms with Crippen LogP contribution in [0.25, 0.3) is 0 Å². The lowest BCUT2D eigenvalue weighted by Crippen LogP contribution is -2.48. The fraction of sp³-hybridized carbons (Fsp3) is 0.650. The van der Waals surface area contributed by atoms with Crippen LogP contribution in [0.4, 0.5) is 0 Å². The average molecular weight is 392 g/mol. The Kier molecular flexibility index (Phi) is 5.03. The van der Waals surface area contributed by atoms with Gasteiger partial charge in [-0.1, -0.05) is 6.07 Å². The number of rotatable bonds is 3. The van der Waals surface area contributed by atoms with Crippen molar-refractivity contribution in [3.8, 4) is 0 Å². The molecule has 2 unspecified atom stereocenters. The van der Waals surface area contributed by atoms with Crippen LogP contribution in [0.2, 0.25) is 0 Å². The van der Waals surface area contributed by atoms with E-state index in [0.29, 0.717) is 36.5 Å². The van der Waals surface area contributed by atoms with E-state index in [2.05, 4.69) is 5.32 Å². The SMILES string of the molecule is CC(=O)N1CCc2ccc(S(=O)(=O)N(C)C3CC4CCC(C3)N4)cc2CC1. The zero-order valence-corrected chi connectivity index (χ0v) is 17.0. The summed E-state index contributed by atoms with van der Waals surface area (Å²) in [5.41, 5.74) is 2.21. The monoisotopic (exact) mass is 391 g/mol. The van der Waals surface area contributed by atoms with Crippen molar-refractivity contribution >= 4 is 15.9 Å². The van der Waals surface area contributed by atoms with Crippen LogP contribution in [0.5, 0.6) is 0 Å². The second-order valence-electron chi connectivity index (χ2n) is 8.22. The Labute approximate surface area is 162 Å². The van der Waals surface area contributed by atoms with Crippen LogP contribution < -0.4 is 5.32 Å². The molecule has 148 valence electrons. The first-order valence-corrected chi connectivity index (χ1v) is 11.4. The van der Waals surface area contributed by atoms with Crippen molar-refractivity contribution in [3.05, 3.63) is 29.3 Å². The molecule has 27 heavy (non-hydrogen) atoms. The third-order valence-corrected chi connectivity index (χ3v) is 8.47. The highest BCUT2D eigenvalue weighted by atomic mass is 32.2. The smallest absolute Gasteiger partial charge is 0.243 e. The topological polar surface area (TPSA) is 69.7 Å². The van der Waals surface area contributed by atoms with E-state index in [-0.39, 0.29) is 11.9 Å². The zero-order valence-electron chi connectivity index (χ0n) is 16.1. The van der Waals surface area contributed by atoms with Gasteiger partial charge in [0.1, 0.15) is 0 Å². The molecule has 2 saturated heterocycles. The number of hydrogen-bond acceptors (Lipinski definition) is 4. The molecule has 6 nitrogen and oxygen atoms in total. The van der Waals surface area contributed by atoms with Gasteiger partial charge in [-0.25, -0.2) is 8.42 Å². The van der Waals surface area contributed by atoms with E-state index in [1.807, 2.05) is 17.0 Å². The van der Waals surface area contributed by atoms with E-state index in [1.54, 1.807) is 24.3 Å².